The fourth-order valence-electron chi connectivity index (χ4n) is 2.41. The van der Waals surface area contributed by atoms with E-state index in [9.17, 15) is 4.79 Å². The molecule has 0 bridgehead atoms. The number of halogens is 1. The molecule has 0 saturated carbocycles. The van der Waals surface area contributed by atoms with Gasteiger partial charge in [-0.25, -0.2) is 9.78 Å². The molecule has 0 amide bonds. The van der Waals surface area contributed by atoms with Gasteiger partial charge in [0, 0.05) is 11.3 Å². The van der Waals surface area contributed by atoms with Gasteiger partial charge in [0.2, 0.25) is 5.82 Å². The maximum atomic E-state index is 12.4. The van der Waals surface area contributed by atoms with Gasteiger partial charge in [-0.1, -0.05) is 47.1 Å². The molecule has 0 N–H and O–H groups in total. The van der Waals surface area contributed by atoms with Crippen LogP contribution in [0.4, 0.5) is 0 Å². The molecule has 128 valence electrons. The van der Waals surface area contributed by atoms with E-state index in [4.69, 9.17) is 20.9 Å². The number of aryl methyl sites for hydroxylation is 2. The van der Waals surface area contributed by atoms with Crippen LogP contribution in [0.3, 0.4) is 0 Å². The first kappa shape index (κ1) is 17.1. The summed E-state index contributed by atoms with van der Waals surface area (Å²) in [6.07, 6.45) is -0.714. The van der Waals surface area contributed by atoms with Gasteiger partial charge in [0.1, 0.15) is 5.15 Å². The van der Waals surface area contributed by atoms with E-state index in [0.29, 0.717) is 11.4 Å². The molecule has 0 aliphatic heterocycles. The van der Waals surface area contributed by atoms with Gasteiger partial charge in [-0.3, -0.25) is 0 Å². The summed E-state index contributed by atoms with van der Waals surface area (Å²) in [4.78, 5) is 20.8. The molecule has 0 saturated heterocycles. The molecule has 1 atom stereocenters. The number of carbonyl (C=O) groups excluding carboxylic acids is 1. The summed E-state index contributed by atoms with van der Waals surface area (Å²) in [5, 5.41) is 4.03. The first-order chi connectivity index (χ1) is 12.0. The third-order valence-corrected chi connectivity index (χ3v) is 3.88. The minimum Gasteiger partial charge on any atom is -0.449 e. The van der Waals surface area contributed by atoms with Gasteiger partial charge < -0.3 is 9.26 Å². The molecule has 2 aromatic heterocycles. The monoisotopic (exact) mass is 357 g/mol. The Morgan fingerprint density at radius 3 is 2.60 bits per heavy atom. The number of esters is 1. The maximum Gasteiger partial charge on any atom is 0.342 e. The highest BCUT2D eigenvalue weighted by molar-refractivity contribution is 6.32. The van der Waals surface area contributed by atoms with Crippen molar-refractivity contribution in [1.29, 1.82) is 0 Å². The summed E-state index contributed by atoms with van der Waals surface area (Å²) in [5.41, 5.74) is 2.49. The van der Waals surface area contributed by atoms with Crippen LogP contribution in [-0.2, 0) is 4.74 Å². The molecule has 1 aromatic carbocycles. The smallest absolute Gasteiger partial charge is 0.342 e. The van der Waals surface area contributed by atoms with Gasteiger partial charge in [0.05, 0.1) is 5.56 Å². The predicted octanol–water partition coefficient (Wildman–Crippen LogP) is 4.32. The summed E-state index contributed by atoms with van der Waals surface area (Å²) < 4.78 is 10.6. The van der Waals surface area contributed by atoms with Crippen LogP contribution < -0.4 is 0 Å². The quantitative estimate of drug-likeness (QED) is 0.511. The van der Waals surface area contributed by atoms with Crippen LogP contribution in [-0.4, -0.2) is 21.1 Å². The zero-order valence-corrected chi connectivity index (χ0v) is 14.7. The molecule has 2 heterocycles. The third kappa shape index (κ3) is 3.69. The van der Waals surface area contributed by atoms with Crippen LogP contribution >= 0.6 is 11.6 Å². The molecule has 0 fully saturated rings. The van der Waals surface area contributed by atoms with Gasteiger partial charge in [-0.2, -0.15) is 4.98 Å². The van der Waals surface area contributed by atoms with Crippen molar-refractivity contribution >= 4 is 17.6 Å². The lowest BCUT2D eigenvalue weighted by Gasteiger charge is -2.12. The van der Waals surface area contributed by atoms with E-state index in [1.807, 2.05) is 30.3 Å². The fourth-order valence-corrected chi connectivity index (χ4v) is 2.77. The van der Waals surface area contributed by atoms with Crippen LogP contribution in [0, 0.1) is 13.8 Å². The number of benzene rings is 1. The van der Waals surface area contributed by atoms with Crippen LogP contribution in [0.25, 0.3) is 11.4 Å². The highest BCUT2D eigenvalue weighted by atomic mass is 35.5. The molecule has 6 nitrogen and oxygen atoms in total. The molecule has 25 heavy (non-hydrogen) atoms. The number of hydrogen-bond donors (Lipinski definition) is 0. The van der Waals surface area contributed by atoms with Crippen LogP contribution in [0.2, 0.25) is 5.15 Å². The number of rotatable bonds is 4. The molecule has 0 unspecified atom stereocenters. The third-order valence-electron chi connectivity index (χ3n) is 3.61. The summed E-state index contributed by atoms with van der Waals surface area (Å²) >= 11 is 6.08. The predicted molar refractivity (Wildman–Crippen MR) is 92.3 cm³/mol. The highest BCUT2D eigenvalue weighted by Gasteiger charge is 2.23. The van der Waals surface area contributed by atoms with Crippen molar-refractivity contribution in [2.24, 2.45) is 0 Å². The largest absolute Gasteiger partial charge is 0.449 e. The van der Waals surface area contributed by atoms with E-state index in [-0.39, 0.29) is 16.6 Å². The van der Waals surface area contributed by atoms with E-state index < -0.39 is 12.1 Å². The van der Waals surface area contributed by atoms with Crippen molar-refractivity contribution < 1.29 is 14.1 Å². The Hall–Kier alpha value is -2.73. The Kier molecular flexibility index (Phi) is 4.81. The molecule has 3 rings (SSSR count). The number of ether oxygens (including phenoxy) is 1. The number of pyridine rings is 1. The Morgan fingerprint density at radius 1 is 1.20 bits per heavy atom. The van der Waals surface area contributed by atoms with Gasteiger partial charge in [-0.15, -0.1) is 0 Å². The average Bonchev–Trinajstić information content (AvgIpc) is 3.04. The Labute approximate surface area is 149 Å². The summed E-state index contributed by atoms with van der Waals surface area (Å²) in [6.45, 7) is 5.24. The van der Waals surface area contributed by atoms with E-state index in [1.54, 1.807) is 26.8 Å². The lowest BCUT2D eigenvalue weighted by Crippen LogP contribution is -2.12. The maximum absolute atomic E-state index is 12.4. The van der Waals surface area contributed by atoms with Crippen LogP contribution in [0.15, 0.2) is 40.9 Å². The second-order valence-corrected chi connectivity index (χ2v) is 5.97. The molecule has 3 aromatic rings. The SMILES string of the molecule is Cc1cc(C)c(C(=O)O[C@H](C)c2nc(-c3ccccc3)no2)c(Cl)n1. The minimum absolute atomic E-state index is 0.116. The van der Waals surface area contributed by atoms with E-state index in [0.717, 1.165) is 11.3 Å². The van der Waals surface area contributed by atoms with Crippen molar-refractivity contribution in [2.45, 2.75) is 26.9 Å². The number of carbonyl (C=O) groups is 1. The molecule has 7 heteroatoms. The van der Waals surface area contributed by atoms with Crippen molar-refractivity contribution in [2.75, 3.05) is 0 Å². The summed E-state index contributed by atoms with van der Waals surface area (Å²) in [5.74, 6) is 0.0627. The topological polar surface area (TPSA) is 78.1 Å². The fraction of sp³-hybridized carbons (Fsp3) is 0.222. The number of aromatic nitrogens is 3. The van der Waals surface area contributed by atoms with Crippen LogP contribution in [0.5, 0.6) is 0 Å². The molecule has 0 spiro atoms. The van der Waals surface area contributed by atoms with Crippen LogP contribution in [0.1, 0.15) is 40.5 Å². The normalized spacial score (nSPS) is 12.0. The Balaban J connectivity index is 1.78. The lowest BCUT2D eigenvalue weighted by molar-refractivity contribution is 0.0264. The zero-order valence-electron chi connectivity index (χ0n) is 14.0. The van der Waals surface area contributed by atoms with Crippen molar-refractivity contribution in [3.05, 3.63) is 64.3 Å². The average molecular weight is 358 g/mol. The van der Waals surface area contributed by atoms with E-state index >= 15 is 0 Å². The zero-order chi connectivity index (χ0) is 18.0. The number of nitrogens with zero attached hydrogens (tertiary/aromatic N) is 3. The molecule has 0 radical (unpaired) electrons. The van der Waals surface area contributed by atoms with Crippen molar-refractivity contribution in [3.63, 3.8) is 0 Å². The van der Waals surface area contributed by atoms with Gasteiger partial charge in [0.15, 0.2) is 6.10 Å². The summed E-state index contributed by atoms with van der Waals surface area (Å²) in [6, 6.07) is 11.2. The standard InChI is InChI=1S/C18H16ClN3O3/c1-10-9-11(2)20-15(19)14(10)18(23)24-12(3)17-21-16(22-25-17)13-7-5-4-6-8-13/h4-9,12H,1-3H3/t12-/m1/s1. The molecular formula is C18H16ClN3O3. The van der Waals surface area contributed by atoms with Gasteiger partial charge in [-0.05, 0) is 32.4 Å². The second-order valence-electron chi connectivity index (χ2n) is 5.62. The minimum atomic E-state index is -0.714. The number of hydrogen-bond acceptors (Lipinski definition) is 6. The van der Waals surface area contributed by atoms with E-state index in [1.165, 1.54) is 0 Å². The lowest BCUT2D eigenvalue weighted by atomic mass is 10.1. The molecule has 0 aliphatic rings. The second kappa shape index (κ2) is 7.03. The molecule has 0 aliphatic carbocycles. The van der Waals surface area contributed by atoms with Crippen molar-refractivity contribution in [1.82, 2.24) is 15.1 Å². The van der Waals surface area contributed by atoms with E-state index in [2.05, 4.69) is 15.1 Å². The Bertz CT molecular complexity index is 886. The Morgan fingerprint density at radius 2 is 1.92 bits per heavy atom. The highest BCUT2D eigenvalue weighted by Crippen LogP contribution is 2.24. The first-order valence-corrected chi connectivity index (χ1v) is 8.07. The van der Waals surface area contributed by atoms with Gasteiger partial charge >= 0.3 is 5.97 Å². The molecular weight excluding hydrogens is 342 g/mol. The van der Waals surface area contributed by atoms with Gasteiger partial charge in [0.25, 0.3) is 5.89 Å². The summed E-state index contributed by atoms with van der Waals surface area (Å²) in [7, 11) is 0. The first-order valence-electron chi connectivity index (χ1n) is 7.69. The van der Waals surface area contributed by atoms with Crippen molar-refractivity contribution in [3.8, 4) is 11.4 Å².